The van der Waals surface area contributed by atoms with Crippen molar-refractivity contribution in [3.8, 4) is 0 Å². The van der Waals surface area contributed by atoms with E-state index in [2.05, 4.69) is 5.32 Å². The monoisotopic (exact) mass is 186 g/mol. The van der Waals surface area contributed by atoms with Gasteiger partial charge in [-0.1, -0.05) is 0 Å². The molecule has 1 saturated carbocycles. The van der Waals surface area contributed by atoms with Gasteiger partial charge in [-0.05, 0) is 19.3 Å². The van der Waals surface area contributed by atoms with Crippen LogP contribution in [0.2, 0.25) is 0 Å². The summed E-state index contributed by atoms with van der Waals surface area (Å²) in [7, 11) is 0. The first-order valence-electron chi connectivity index (χ1n) is 4.37. The molecule has 0 aromatic heterocycles. The predicted octanol–water partition coefficient (Wildman–Crippen LogP) is -0.543. The van der Waals surface area contributed by atoms with E-state index >= 15 is 0 Å². The van der Waals surface area contributed by atoms with Gasteiger partial charge in [0.05, 0.1) is 12.5 Å². The van der Waals surface area contributed by atoms with Crippen LogP contribution in [0.4, 0.5) is 0 Å². The van der Waals surface area contributed by atoms with Crippen molar-refractivity contribution in [1.29, 1.82) is 0 Å². The standard InChI is InChI=1S/C8H14N2O3/c9-6(4-7(11)12)8(13)10-5-2-1-3-5/h5-6H,1-4,9H2,(H,10,13)(H,11,12). The number of nitrogens with one attached hydrogen (secondary N) is 1. The number of amides is 1. The third-order valence-electron chi connectivity index (χ3n) is 2.18. The number of hydrogen-bond acceptors (Lipinski definition) is 3. The Morgan fingerprint density at radius 3 is 2.54 bits per heavy atom. The number of carbonyl (C=O) groups is 2. The van der Waals surface area contributed by atoms with Crippen LogP contribution in [0.25, 0.3) is 0 Å². The predicted molar refractivity (Wildman–Crippen MR) is 46.0 cm³/mol. The highest BCUT2D eigenvalue weighted by Gasteiger charge is 2.23. The number of aliphatic carboxylic acids is 1. The van der Waals surface area contributed by atoms with Crippen LogP contribution in [0.3, 0.4) is 0 Å². The second-order valence-electron chi connectivity index (χ2n) is 3.34. The zero-order valence-corrected chi connectivity index (χ0v) is 7.32. The van der Waals surface area contributed by atoms with E-state index in [-0.39, 0.29) is 18.4 Å². The van der Waals surface area contributed by atoms with Crippen LogP contribution in [0.1, 0.15) is 25.7 Å². The van der Waals surface area contributed by atoms with Crippen molar-refractivity contribution in [2.24, 2.45) is 5.73 Å². The highest BCUT2D eigenvalue weighted by molar-refractivity contribution is 5.86. The molecule has 5 heteroatoms. The van der Waals surface area contributed by atoms with E-state index in [0.717, 1.165) is 19.3 Å². The Labute approximate surface area is 76.3 Å². The van der Waals surface area contributed by atoms with Crippen LogP contribution >= 0.6 is 0 Å². The number of rotatable bonds is 4. The highest BCUT2D eigenvalue weighted by Crippen LogP contribution is 2.17. The van der Waals surface area contributed by atoms with Crippen molar-refractivity contribution in [2.75, 3.05) is 0 Å². The molecule has 0 radical (unpaired) electrons. The van der Waals surface area contributed by atoms with E-state index in [1.807, 2.05) is 0 Å². The molecule has 0 aromatic carbocycles. The summed E-state index contributed by atoms with van der Waals surface area (Å²) >= 11 is 0. The lowest BCUT2D eigenvalue weighted by molar-refractivity contribution is -0.139. The topological polar surface area (TPSA) is 92.4 Å². The molecule has 1 amide bonds. The molecule has 1 unspecified atom stereocenters. The zero-order valence-electron chi connectivity index (χ0n) is 7.32. The molecule has 1 rings (SSSR count). The summed E-state index contributed by atoms with van der Waals surface area (Å²) in [6.07, 6.45) is 2.77. The summed E-state index contributed by atoms with van der Waals surface area (Å²) in [6.45, 7) is 0. The van der Waals surface area contributed by atoms with Crippen LogP contribution in [0.15, 0.2) is 0 Å². The van der Waals surface area contributed by atoms with Crippen molar-refractivity contribution in [2.45, 2.75) is 37.8 Å². The van der Waals surface area contributed by atoms with E-state index in [0.29, 0.717) is 0 Å². The van der Waals surface area contributed by atoms with E-state index < -0.39 is 12.0 Å². The third-order valence-corrected chi connectivity index (χ3v) is 2.18. The molecule has 4 N–H and O–H groups in total. The van der Waals surface area contributed by atoms with Crippen LogP contribution in [0.5, 0.6) is 0 Å². The van der Waals surface area contributed by atoms with Crippen molar-refractivity contribution in [1.82, 2.24) is 5.32 Å². The molecule has 0 spiro atoms. The van der Waals surface area contributed by atoms with Crippen molar-refractivity contribution < 1.29 is 14.7 Å². The van der Waals surface area contributed by atoms with Gasteiger partial charge in [-0.15, -0.1) is 0 Å². The van der Waals surface area contributed by atoms with Gasteiger partial charge in [-0.3, -0.25) is 9.59 Å². The van der Waals surface area contributed by atoms with E-state index in [9.17, 15) is 9.59 Å². The smallest absolute Gasteiger partial charge is 0.305 e. The molecule has 0 bridgehead atoms. The summed E-state index contributed by atoms with van der Waals surface area (Å²) in [4.78, 5) is 21.4. The Hall–Kier alpha value is -1.10. The molecule has 13 heavy (non-hydrogen) atoms. The summed E-state index contributed by atoms with van der Waals surface area (Å²) in [5.74, 6) is -1.40. The number of hydrogen-bond donors (Lipinski definition) is 3. The van der Waals surface area contributed by atoms with Crippen molar-refractivity contribution >= 4 is 11.9 Å². The van der Waals surface area contributed by atoms with Crippen LogP contribution in [-0.4, -0.2) is 29.1 Å². The van der Waals surface area contributed by atoms with Gasteiger partial charge in [0.15, 0.2) is 0 Å². The summed E-state index contributed by atoms with van der Waals surface area (Å²) in [6, 6.07) is -0.703. The van der Waals surface area contributed by atoms with E-state index in [1.54, 1.807) is 0 Å². The van der Waals surface area contributed by atoms with Gasteiger partial charge in [-0.25, -0.2) is 0 Å². The quantitative estimate of drug-likeness (QED) is 0.549. The Bertz CT molecular complexity index is 213. The second kappa shape index (κ2) is 4.23. The van der Waals surface area contributed by atoms with Gasteiger partial charge >= 0.3 is 5.97 Å². The zero-order chi connectivity index (χ0) is 9.84. The largest absolute Gasteiger partial charge is 0.481 e. The Kier molecular flexibility index (Phi) is 3.25. The molecule has 74 valence electrons. The first kappa shape index (κ1) is 9.98. The van der Waals surface area contributed by atoms with Crippen molar-refractivity contribution in [3.63, 3.8) is 0 Å². The maximum absolute atomic E-state index is 11.2. The molecule has 0 aromatic rings. The normalized spacial score (nSPS) is 18.8. The SMILES string of the molecule is NC(CC(=O)O)C(=O)NC1CCC1. The van der Waals surface area contributed by atoms with Crippen LogP contribution < -0.4 is 11.1 Å². The van der Waals surface area contributed by atoms with Gasteiger partial charge < -0.3 is 16.2 Å². The third kappa shape index (κ3) is 3.02. The van der Waals surface area contributed by atoms with Gasteiger partial charge in [0.2, 0.25) is 5.91 Å². The minimum atomic E-state index is -1.05. The van der Waals surface area contributed by atoms with E-state index in [1.165, 1.54) is 0 Å². The van der Waals surface area contributed by atoms with E-state index in [4.69, 9.17) is 10.8 Å². The maximum atomic E-state index is 11.2. The fourth-order valence-corrected chi connectivity index (χ4v) is 1.14. The number of carboxylic acid groups (broad SMARTS) is 1. The Balaban J connectivity index is 2.24. The lowest BCUT2D eigenvalue weighted by atomic mass is 9.93. The molecule has 1 fully saturated rings. The summed E-state index contributed by atoms with van der Waals surface area (Å²) in [5.41, 5.74) is 5.35. The lowest BCUT2D eigenvalue weighted by Crippen LogP contribution is -2.48. The fourth-order valence-electron chi connectivity index (χ4n) is 1.14. The first-order chi connectivity index (χ1) is 6.09. The van der Waals surface area contributed by atoms with Gasteiger partial charge in [0.1, 0.15) is 0 Å². The lowest BCUT2D eigenvalue weighted by Gasteiger charge is -2.27. The molecule has 5 nitrogen and oxygen atoms in total. The molecule has 1 aliphatic carbocycles. The average Bonchev–Trinajstić information content (AvgIpc) is 1.94. The Morgan fingerprint density at radius 2 is 2.15 bits per heavy atom. The summed E-state index contributed by atoms with van der Waals surface area (Å²) < 4.78 is 0. The highest BCUT2D eigenvalue weighted by atomic mass is 16.4. The number of carboxylic acids is 1. The van der Waals surface area contributed by atoms with Crippen LogP contribution in [0, 0.1) is 0 Å². The Morgan fingerprint density at radius 1 is 1.54 bits per heavy atom. The fraction of sp³-hybridized carbons (Fsp3) is 0.750. The van der Waals surface area contributed by atoms with Crippen LogP contribution in [-0.2, 0) is 9.59 Å². The number of nitrogens with two attached hydrogens (primary N) is 1. The molecular weight excluding hydrogens is 172 g/mol. The molecule has 1 aliphatic rings. The second-order valence-corrected chi connectivity index (χ2v) is 3.34. The van der Waals surface area contributed by atoms with Gasteiger partial charge in [0, 0.05) is 6.04 Å². The molecule has 1 atom stereocenters. The van der Waals surface area contributed by atoms with Crippen molar-refractivity contribution in [3.05, 3.63) is 0 Å². The first-order valence-corrected chi connectivity index (χ1v) is 4.37. The maximum Gasteiger partial charge on any atom is 0.305 e. The minimum Gasteiger partial charge on any atom is -0.481 e. The minimum absolute atomic E-state index is 0.215. The molecule has 0 aliphatic heterocycles. The molecular formula is C8H14N2O3. The van der Waals surface area contributed by atoms with Gasteiger partial charge in [-0.2, -0.15) is 0 Å². The molecule has 0 saturated heterocycles. The summed E-state index contributed by atoms with van der Waals surface area (Å²) in [5, 5.41) is 11.1. The number of carbonyl (C=O) groups excluding carboxylic acids is 1. The average molecular weight is 186 g/mol. The van der Waals surface area contributed by atoms with Gasteiger partial charge in [0.25, 0.3) is 0 Å². The molecule has 0 heterocycles.